The first-order chi connectivity index (χ1) is 8.69. The maximum Gasteiger partial charge on any atom is 0.0504 e. The minimum atomic E-state index is 0.158. The Balaban J connectivity index is 1.97. The minimum Gasteiger partial charge on any atom is -0.396 e. The molecule has 0 spiro atoms. The molecule has 1 aliphatic carbocycles. The summed E-state index contributed by atoms with van der Waals surface area (Å²) in [6, 6.07) is 8.74. The van der Waals surface area contributed by atoms with Crippen LogP contribution in [0.25, 0.3) is 0 Å². The number of benzene rings is 1. The van der Waals surface area contributed by atoms with Crippen LogP contribution in [0.5, 0.6) is 0 Å². The zero-order chi connectivity index (χ0) is 13.0. The van der Waals surface area contributed by atoms with E-state index in [-0.39, 0.29) is 5.41 Å². The first-order valence-electron chi connectivity index (χ1n) is 6.74. The molecule has 0 heterocycles. The minimum absolute atomic E-state index is 0.158. The molecule has 0 bridgehead atoms. The van der Waals surface area contributed by atoms with Gasteiger partial charge >= 0.3 is 0 Å². The molecule has 0 aromatic heterocycles. The fourth-order valence-corrected chi connectivity index (χ4v) is 3.26. The maximum absolute atomic E-state index is 9.52. The van der Waals surface area contributed by atoms with Crippen LogP contribution in [0.1, 0.15) is 26.2 Å². The third kappa shape index (κ3) is 3.01. The normalized spacial score (nSPS) is 17.3. The molecule has 1 saturated carbocycles. The molecule has 1 aliphatic rings. The van der Waals surface area contributed by atoms with E-state index < -0.39 is 0 Å². The molecular weight excluding hydrogens is 242 g/mol. The summed E-state index contributed by atoms with van der Waals surface area (Å²) in [5.74, 6) is 1.11. The number of rotatable bonds is 6. The number of aliphatic hydroxyl groups excluding tert-OH is 1. The van der Waals surface area contributed by atoms with Crippen LogP contribution < -0.4 is 4.90 Å². The molecule has 1 fully saturated rings. The zero-order valence-electron chi connectivity index (χ0n) is 11.4. The lowest BCUT2D eigenvalue weighted by molar-refractivity contribution is 0.0524. The Morgan fingerprint density at radius 3 is 2.39 bits per heavy atom. The number of hydrogen-bond donors (Lipinski definition) is 1. The van der Waals surface area contributed by atoms with Crippen LogP contribution in [0.2, 0.25) is 0 Å². The van der Waals surface area contributed by atoms with Gasteiger partial charge in [-0.2, -0.15) is 0 Å². The van der Waals surface area contributed by atoms with Crippen LogP contribution >= 0.6 is 11.8 Å². The Labute approximate surface area is 114 Å². The van der Waals surface area contributed by atoms with E-state index in [1.807, 2.05) is 11.8 Å². The Kier molecular flexibility index (Phi) is 4.57. The lowest BCUT2D eigenvalue weighted by Crippen LogP contribution is -2.43. The molecule has 0 unspecified atom stereocenters. The second-order valence-electron chi connectivity index (χ2n) is 5.29. The van der Waals surface area contributed by atoms with Crippen LogP contribution in [0.4, 0.5) is 5.69 Å². The predicted molar refractivity (Wildman–Crippen MR) is 79.5 cm³/mol. The van der Waals surface area contributed by atoms with Gasteiger partial charge in [0, 0.05) is 29.6 Å². The predicted octanol–water partition coefficient (Wildman–Crippen LogP) is 3.40. The summed E-state index contributed by atoms with van der Waals surface area (Å²) in [4.78, 5) is 3.60. The van der Waals surface area contributed by atoms with E-state index in [0.29, 0.717) is 6.61 Å². The van der Waals surface area contributed by atoms with E-state index >= 15 is 0 Å². The average molecular weight is 265 g/mol. The Morgan fingerprint density at radius 2 is 1.94 bits per heavy atom. The quantitative estimate of drug-likeness (QED) is 0.798. The fraction of sp³-hybridized carbons (Fsp3) is 0.600. The molecule has 2 rings (SSSR count). The molecule has 3 heteroatoms. The van der Waals surface area contributed by atoms with Gasteiger partial charge in [-0.05, 0) is 42.9 Å². The van der Waals surface area contributed by atoms with Crippen molar-refractivity contribution in [3.05, 3.63) is 24.3 Å². The van der Waals surface area contributed by atoms with E-state index in [4.69, 9.17) is 0 Å². The molecule has 2 nitrogen and oxygen atoms in total. The standard InChI is InChI=1S/C15H23NOS/c1-3-18-14-7-5-13(6-8-14)16(2)11-15(12-17)9-4-10-15/h5-8,17H,3-4,9-12H2,1-2H3. The Bertz CT molecular complexity index is 367. The van der Waals surface area contributed by atoms with Crippen LogP contribution in [-0.2, 0) is 0 Å². The Hall–Kier alpha value is -0.670. The molecule has 0 atom stereocenters. The van der Waals surface area contributed by atoms with Crippen molar-refractivity contribution in [3.63, 3.8) is 0 Å². The average Bonchev–Trinajstić information content (AvgIpc) is 2.35. The van der Waals surface area contributed by atoms with Gasteiger partial charge in [-0.1, -0.05) is 13.3 Å². The van der Waals surface area contributed by atoms with Gasteiger partial charge in [0.1, 0.15) is 0 Å². The summed E-state index contributed by atoms with van der Waals surface area (Å²) >= 11 is 1.87. The maximum atomic E-state index is 9.52. The number of nitrogens with zero attached hydrogens (tertiary/aromatic N) is 1. The molecule has 100 valence electrons. The van der Waals surface area contributed by atoms with E-state index in [1.165, 1.54) is 17.0 Å². The number of hydrogen-bond acceptors (Lipinski definition) is 3. The van der Waals surface area contributed by atoms with Gasteiger partial charge < -0.3 is 10.0 Å². The van der Waals surface area contributed by atoms with Crippen molar-refractivity contribution in [1.82, 2.24) is 0 Å². The van der Waals surface area contributed by atoms with Crippen molar-refractivity contribution in [3.8, 4) is 0 Å². The highest BCUT2D eigenvalue weighted by molar-refractivity contribution is 7.99. The molecule has 0 aliphatic heterocycles. The molecule has 1 aromatic carbocycles. The summed E-state index contributed by atoms with van der Waals surface area (Å²) in [5.41, 5.74) is 1.40. The first kappa shape index (κ1) is 13.8. The summed E-state index contributed by atoms with van der Waals surface area (Å²) in [6.45, 7) is 3.46. The summed E-state index contributed by atoms with van der Waals surface area (Å²) in [7, 11) is 2.12. The van der Waals surface area contributed by atoms with Gasteiger partial charge in [0.15, 0.2) is 0 Å². The molecule has 0 amide bonds. The lowest BCUT2D eigenvalue weighted by atomic mass is 9.69. The largest absolute Gasteiger partial charge is 0.396 e. The highest BCUT2D eigenvalue weighted by Crippen LogP contribution is 2.41. The summed E-state index contributed by atoms with van der Waals surface area (Å²) in [5, 5.41) is 9.52. The second-order valence-corrected chi connectivity index (χ2v) is 6.63. The summed E-state index contributed by atoms with van der Waals surface area (Å²) in [6.07, 6.45) is 3.59. The van der Waals surface area contributed by atoms with Crippen LogP contribution in [0, 0.1) is 5.41 Å². The highest BCUT2D eigenvalue weighted by atomic mass is 32.2. The molecule has 18 heavy (non-hydrogen) atoms. The van der Waals surface area contributed by atoms with Crippen molar-refractivity contribution in [2.45, 2.75) is 31.1 Å². The van der Waals surface area contributed by atoms with E-state index in [0.717, 1.165) is 25.1 Å². The number of aliphatic hydroxyl groups is 1. The van der Waals surface area contributed by atoms with Gasteiger partial charge in [-0.25, -0.2) is 0 Å². The van der Waals surface area contributed by atoms with Gasteiger partial charge in [0.25, 0.3) is 0 Å². The molecule has 0 saturated heterocycles. The van der Waals surface area contributed by atoms with E-state index in [1.54, 1.807) is 0 Å². The smallest absolute Gasteiger partial charge is 0.0504 e. The molecular formula is C15H23NOS. The zero-order valence-corrected chi connectivity index (χ0v) is 12.2. The number of anilines is 1. The molecule has 1 aromatic rings. The monoisotopic (exact) mass is 265 g/mol. The fourth-order valence-electron chi connectivity index (χ4n) is 2.60. The SMILES string of the molecule is CCSc1ccc(N(C)CC2(CO)CCC2)cc1. The van der Waals surface area contributed by atoms with Crippen molar-refractivity contribution in [1.29, 1.82) is 0 Å². The van der Waals surface area contributed by atoms with Crippen molar-refractivity contribution in [2.75, 3.05) is 30.9 Å². The summed E-state index contributed by atoms with van der Waals surface area (Å²) < 4.78 is 0. The van der Waals surface area contributed by atoms with Crippen molar-refractivity contribution in [2.24, 2.45) is 5.41 Å². The van der Waals surface area contributed by atoms with Crippen LogP contribution in [0.15, 0.2) is 29.2 Å². The first-order valence-corrected chi connectivity index (χ1v) is 7.72. The van der Waals surface area contributed by atoms with Gasteiger partial charge in [0.05, 0.1) is 6.61 Å². The van der Waals surface area contributed by atoms with E-state index in [9.17, 15) is 5.11 Å². The Morgan fingerprint density at radius 1 is 1.28 bits per heavy atom. The van der Waals surface area contributed by atoms with Crippen LogP contribution in [0.3, 0.4) is 0 Å². The van der Waals surface area contributed by atoms with Crippen LogP contribution in [-0.4, -0.2) is 31.1 Å². The third-order valence-corrected chi connectivity index (χ3v) is 4.80. The van der Waals surface area contributed by atoms with Crippen molar-refractivity contribution >= 4 is 17.4 Å². The van der Waals surface area contributed by atoms with E-state index in [2.05, 4.69) is 43.1 Å². The van der Waals surface area contributed by atoms with Gasteiger partial charge in [-0.15, -0.1) is 11.8 Å². The molecule has 1 N–H and O–H groups in total. The topological polar surface area (TPSA) is 23.5 Å². The number of thioether (sulfide) groups is 1. The molecule has 0 radical (unpaired) electrons. The van der Waals surface area contributed by atoms with Gasteiger partial charge in [0.2, 0.25) is 0 Å². The van der Waals surface area contributed by atoms with Gasteiger partial charge in [-0.3, -0.25) is 0 Å². The lowest BCUT2D eigenvalue weighted by Gasteiger charge is -2.43. The highest BCUT2D eigenvalue weighted by Gasteiger charge is 2.37. The van der Waals surface area contributed by atoms with Crippen molar-refractivity contribution < 1.29 is 5.11 Å². The third-order valence-electron chi connectivity index (χ3n) is 3.91. The second kappa shape index (κ2) is 5.98.